The van der Waals surface area contributed by atoms with Crippen molar-refractivity contribution in [3.8, 4) is 5.75 Å². The number of hydrogen-bond acceptors (Lipinski definition) is 3. The van der Waals surface area contributed by atoms with Crippen LogP contribution in [0.2, 0.25) is 0 Å². The zero-order chi connectivity index (χ0) is 11.4. The fraction of sp³-hybridized carbons (Fsp3) is 0.0833. The predicted octanol–water partition coefficient (Wildman–Crippen LogP) is 2.38. The molecule has 1 aromatic heterocycles. The van der Waals surface area contributed by atoms with E-state index in [4.69, 9.17) is 10.5 Å². The van der Waals surface area contributed by atoms with E-state index in [1.165, 1.54) is 12.1 Å². The molecular formula is C12H11FN2O. The molecule has 0 aliphatic carbocycles. The fourth-order valence-corrected chi connectivity index (χ4v) is 1.28. The van der Waals surface area contributed by atoms with Crippen molar-refractivity contribution >= 4 is 5.69 Å². The third-order valence-corrected chi connectivity index (χ3v) is 2.10. The molecule has 0 amide bonds. The maximum Gasteiger partial charge on any atom is 0.132 e. The summed E-state index contributed by atoms with van der Waals surface area (Å²) in [7, 11) is 0. The van der Waals surface area contributed by atoms with E-state index in [-0.39, 0.29) is 12.4 Å². The molecule has 0 bridgehead atoms. The van der Waals surface area contributed by atoms with Crippen molar-refractivity contribution in [1.82, 2.24) is 4.98 Å². The largest absolute Gasteiger partial charge is 0.487 e. The van der Waals surface area contributed by atoms with Gasteiger partial charge >= 0.3 is 0 Å². The molecule has 2 rings (SSSR count). The monoisotopic (exact) mass is 218 g/mol. The van der Waals surface area contributed by atoms with E-state index in [0.29, 0.717) is 17.1 Å². The standard InChI is InChI=1S/C12H11FN2O/c13-9-3-1-4-10(7-9)16-8-12-11(14)5-2-6-15-12/h1-7H,8,14H2. The van der Waals surface area contributed by atoms with Crippen molar-refractivity contribution in [2.75, 3.05) is 5.73 Å². The van der Waals surface area contributed by atoms with Crippen molar-refractivity contribution in [3.63, 3.8) is 0 Å². The first-order valence-corrected chi connectivity index (χ1v) is 4.83. The maximum absolute atomic E-state index is 12.9. The van der Waals surface area contributed by atoms with E-state index >= 15 is 0 Å². The summed E-state index contributed by atoms with van der Waals surface area (Å²) in [6.07, 6.45) is 1.64. The maximum atomic E-state index is 12.9. The summed E-state index contributed by atoms with van der Waals surface area (Å²) in [6.45, 7) is 0.232. The predicted molar refractivity (Wildman–Crippen MR) is 59.4 cm³/mol. The van der Waals surface area contributed by atoms with E-state index in [1.54, 1.807) is 30.5 Å². The van der Waals surface area contributed by atoms with Crippen molar-refractivity contribution in [2.45, 2.75) is 6.61 Å². The summed E-state index contributed by atoms with van der Waals surface area (Å²) in [4.78, 5) is 4.07. The van der Waals surface area contributed by atoms with Gasteiger partial charge in [-0.1, -0.05) is 6.07 Å². The van der Waals surface area contributed by atoms with Crippen LogP contribution >= 0.6 is 0 Å². The van der Waals surface area contributed by atoms with Crippen LogP contribution in [0.15, 0.2) is 42.6 Å². The highest BCUT2D eigenvalue weighted by Crippen LogP contribution is 2.15. The van der Waals surface area contributed by atoms with Crippen molar-refractivity contribution < 1.29 is 9.13 Å². The Labute approximate surface area is 92.7 Å². The normalized spacial score (nSPS) is 10.1. The summed E-state index contributed by atoms with van der Waals surface area (Å²) < 4.78 is 18.2. The van der Waals surface area contributed by atoms with Crippen molar-refractivity contribution in [2.24, 2.45) is 0 Å². The summed E-state index contributed by atoms with van der Waals surface area (Å²) >= 11 is 0. The van der Waals surface area contributed by atoms with Gasteiger partial charge in [0, 0.05) is 12.3 Å². The summed E-state index contributed by atoms with van der Waals surface area (Å²) in [5.41, 5.74) is 6.91. The fourth-order valence-electron chi connectivity index (χ4n) is 1.28. The lowest BCUT2D eigenvalue weighted by Crippen LogP contribution is -2.02. The van der Waals surface area contributed by atoms with Crippen LogP contribution < -0.4 is 10.5 Å². The minimum absolute atomic E-state index is 0.232. The number of aromatic nitrogens is 1. The Morgan fingerprint density at radius 2 is 2.12 bits per heavy atom. The SMILES string of the molecule is Nc1cccnc1COc1cccc(F)c1. The van der Waals surface area contributed by atoms with Crippen LogP contribution in [-0.4, -0.2) is 4.98 Å². The second-order valence-electron chi connectivity index (χ2n) is 3.29. The van der Waals surface area contributed by atoms with Crippen LogP contribution in [0.1, 0.15) is 5.69 Å². The molecule has 0 atom stereocenters. The number of pyridine rings is 1. The van der Waals surface area contributed by atoms with Crippen LogP contribution in [0.25, 0.3) is 0 Å². The van der Waals surface area contributed by atoms with Crippen molar-refractivity contribution in [3.05, 3.63) is 54.1 Å². The third-order valence-electron chi connectivity index (χ3n) is 2.10. The van der Waals surface area contributed by atoms with Crippen LogP contribution in [0.5, 0.6) is 5.75 Å². The highest BCUT2D eigenvalue weighted by Gasteiger charge is 2.01. The molecule has 82 valence electrons. The summed E-state index contributed by atoms with van der Waals surface area (Å²) in [5, 5.41) is 0. The van der Waals surface area contributed by atoms with Crippen LogP contribution in [0.3, 0.4) is 0 Å². The summed E-state index contributed by atoms with van der Waals surface area (Å²) in [5.74, 6) is 0.136. The molecule has 0 saturated heterocycles. The third kappa shape index (κ3) is 2.48. The molecule has 2 N–H and O–H groups in total. The highest BCUT2D eigenvalue weighted by molar-refractivity contribution is 5.41. The van der Waals surface area contributed by atoms with E-state index in [2.05, 4.69) is 4.98 Å². The molecule has 2 aromatic rings. The Kier molecular flexibility index (Phi) is 3.00. The average Bonchev–Trinajstić information content (AvgIpc) is 2.28. The number of nitrogen functional groups attached to an aromatic ring is 1. The molecule has 3 nitrogen and oxygen atoms in total. The van der Waals surface area contributed by atoms with E-state index in [1.807, 2.05) is 0 Å². The first-order chi connectivity index (χ1) is 7.75. The number of ether oxygens (including phenoxy) is 1. The van der Waals surface area contributed by atoms with Gasteiger partial charge in [0.1, 0.15) is 23.9 Å². The molecule has 0 aliphatic rings. The molecule has 0 spiro atoms. The molecule has 0 aliphatic heterocycles. The molecule has 1 heterocycles. The van der Waals surface area contributed by atoms with Gasteiger partial charge in [-0.05, 0) is 24.3 Å². The molecule has 0 unspecified atom stereocenters. The Morgan fingerprint density at radius 3 is 2.88 bits per heavy atom. The molecule has 0 saturated carbocycles. The molecule has 0 radical (unpaired) electrons. The average molecular weight is 218 g/mol. The number of nitrogens with zero attached hydrogens (tertiary/aromatic N) is 1. The second kappa shape index (κ2) is 4.61. The van der Waals surface area contributed by atoms with Gasteiger partial charge in [0.25, 0.3) is 0 Å². The van der Waals surface area contributed by atoms with Gasteiger partial charge in [-0.2, -0.15) is 0 Å². The van der Waals surface area contributed by atoms with Gasteiger partial charge in [0.05, 0.1) is 5.69 Å². The van der Waals surface area contributed by atoms with Gasteiger partial charge in [0.15, 0.2) is 0 Å². The van der Waals surface area contributed by atoms with E-state index in [9.17, 15) is 4.39 Å². The number of hydrogen-bond donors (Lipinski definition) is 1. The smallest absolute Gasteiger partial charge is 0.132 e. The zero-order valence-electron chi connectivity index (χ0n) is 8.56. The van der Waals surface area contributed by atoms with Gasteiger partial charge in [-0.3, -0.25) is 4.98 Å². The summed E-state index contributed by atoms with van der Waals surface area (Å²) in [6, 6.07) is 9.45. The lowest BCUT2D eigenvalue weighted by molar-refractivity contribution is 0.300. The number of benzene rings is 1. The van der Waals surface area contributed by atoms with Gasteiger partial charge < -0.3 is 10.5 Å². The minimum Gasteiger partial charge on any atom is -0.487 e. The van der Waals surface area contributed by atoms with Gasteiger partial charge in [0.2, 0.25) is 0 Å². The zero-order valence-corrected chi connectivity index (χ0v) is 8.56. The van der Waals surface area contributed by atoms with Gasteiger partial charge in [-0.25, -0.2) is 4.39 Å². The van der Waals surface area contributed by atoms with Crippen molar-refractivity contribution in [1.29, 1.82) is 0 Å². The molecule has 1 aromatic carbocycles. The van der Waals surface area contributed by atoms with Crippen LogP contribution in [-0.2, 0) is 6.61 Å². The first-order valence-electron chi connectivity index (χ1n) is 4.83. The highest BCUT2D eigenvalue weighted by atomic mass is 19.1. The lowest BCUT2D eigenvalue weighted by Gasteiger charge is -2.07. The Morgan fingerprint density at radius 1 is 1.25 bits per heavy atom. The number of halogens is 1. The first kappa shape index (κ1) is 10.4. The minimum atomic E-state index is -0.327. The van der Waals surface area contributed by atoms with E-state index in [0.717, 1.165) is 0 Å². The molecule has 0 fully saturated rings. The van der Waals surface area contributed by atoms with E-state index < -0.39 is 0 Å². The Balaban J connectivity index is 2.05. The van der Waals surface area contributed by atoms with Crippen LogP contribution in [0, 0.1) is 5.82 Å². The molecule has 4 heteroatoms. The number of anilines is 1. The number of nitrogens with two attached hydrogens (primary N) is 1. The lowest BCUT2D eigenvalue weighted by atomic mass is 10.3. The second-order valence-corrected chi connectivity index (χ2v) is 3.29. The molecular weight excluding hydrogens is 207 g/mol. The van der Waals surface area contributed by atoms with Crippen LogP contribution in [0.4, 0.5) is 10.1 Å². The Bertz CT molecular complexity index is 488. The quantitative estimate of drug-likeness (QED) is 0.860. The van der Waals surface area contributed by atoms with Gasteiger partial charge in [-0.15, -0.1) is 0 Å². The topological polar surface area (TPSA) is 48.1 Å². The Hall–Kier alpha value is -2.10. The number of rotatable bonds is 3. The molecule has 16 heavy (non-hydrogen) atoms.